The number of piperidine rings is 1. The van der Waals surface area contributed by atoms with Gasteiger partial charge in [-0.25, -0.2) is 18.2 Å². The fraction of sp³-hybridized carbons (Fsp3) is 0.300. The van der Waals surface area contributed by atoms with Crippen LogP contribution in [0, 0.1) is 18.7 Å². The Labute approximate surface area is 174 Å². The molecule has 1 heterocycles. The normalized spacial score (nSPS) is 16.2. The van der Waals surface area contributed by atoms with Gasteiger partial charge in [-0.3, -0.25) is 4.79 Å². The quantitative estimate of drug-likeness (QED) is 0.575. The molecule has 0 atom stereocenters. The summed E-state index contributed by atoms with van der Waals surface area (Å²) in [6.45, 7) is 2.39. The van der Waals surface area contributed by atoms with Crippen LogP contribution in [0.3, 0.4) is 0 Å². The van der Waals surface area contributed by atoms with Crippen molar-refractivity contribution in [2.45, 2.75) is 24.7 Å². The van der Waals surface area contributed by atoms with Gasteiger partial charge in [-0.15, -0.1) is 0 Å². The number of halogens is 2. The van der Waals surface area contributed by atoms with E-state index < -0.39 is 15.8 Å². The predicted molar refractivity (Wildman–Crippen MR) is 110 cm³/mol. The second-order valence-corrected chi connectivity index (χ2v) is 9.21. The molecule has 0 aromatic heterocycles. The van der Waals surface area contributed by atoms with E-state index in [1.807, 2.05) is 6.92 Å². The van der Waals surface area contributed by atoms with Crippen molar-refractivity contribution in [2.75, 3.05) is 13.1 Å². The molecule has 0 radical (unpaired) electrons. The Kier molecular flexibility index (Phi) is 6.66. The van der Waals surface area contributed by atoms with E-state index in [2.05, 4.69) is 10.5 Å². The Morgan fingerprint density at radius 2 is 1.86 bits per heavy atom. The molecule has 29 heavy (non-hydrogen) atoms. The van der Waals surface area contributed by atoms with Crippen LogP contribution in [0.15, 0.2) is 52.5 Å². The molecule has 3 rings (SSSR count). The first-order chi connectivity index (χ1) is 13.8. The second kappa shape index (κ2) is 9.02. The lowest BCUT2D eigenvalue weighted by Crippen LogP contribution is -2.42. The van der Waals surface area contributed by atoms with E-state index in [1.54, 1.807) is 24.3 Å². The number of carbonyl (C=O) groups excluding carboxylic acids is 1. The smallest absolute Gasteiger partial charge is 0.243 e. The van der Waals surface area contributed by atoms with E-state index >= 15 is 0 Å². The Bertz CT molecular complexity index is 998. The molecule has 0 aliphatic carbocycles. The summed E-state index contributed by atoms with van der Waals surface area (Å²) in [5.41, 5.74) is 3.46. The van der Waals surface area contributed by atoms with Crippen molar-refractivity contribution in [3.05, 3.63) is 64.4 Å². The minimum atomic E-state index is -3.57. The van der Waals surface area contributed by atoms with E-state index in [1.165, 1.54) is 22.5 Å². The lowest BCUT2D eigenvalue weighted by atomic mass is 9.98. The van der Waals surface area contributed by atoms with Crippen molar-refractivity contribution in [1.82, 2.24) is 9.73 Å². The molecule has 0 unspecified atom stereocenters. The van der Waals surface area contributed by atoms with Crippen LogP contribution in [0.5, 0.6) is 0 Å². The molecule has 6 nitrogen and oxygen atoms in total. The van der Waals surface area contributed by atoms with Crippen LogP contribution in [0.2, 0.25) is 5.02 Å². The zero-order valence-electron chi connectivity index (χ0n) is 15.8. The first-order valence-corrected chi connectivity index (χ1v) is 10.9. The lowest BCUT2D eigenvalue weighted by molar-refractivity contribution is -0.126. The van der Waals surface area contributed by atoms with Gasteiger partial charge in [0.05, 0.1) is 16.1 Å². The van der Waals surface area contributed by atoms with E-state index in [9.17, 15) is 17.6 Å². The summed E-state index contributed by atoms with van der Waals surface area (Å²) in [4.78, 5) is 12.5. The van der Waals surface area contributed by atoms with Crippen molar-refractivity contribution in [2.24, 2.45) is 11.0 Å². The van der Waals surface area contributed by atoms with E-state index in [4.69, 9.17) is 11.6 Å². The molecule has 0 saturated carbocycles. The zero-order valence-corrected chi connectivity index (χ0v) is 17.4. The molecule has 9 heteroatoms. The molecule has 1 aliphatic heterocycles. The third-order valence-corrected chi connectivity index (χ3v) is 7.09. The largest absolute Gasteiger partial charge is 0.273 e. The number of hydrogen-bond donors (Lipinski definition) is 1. The van der Waals surface area contributed by atoms with Gasteiger partial charge in [0.15, 0.2) is 0 Å². The summed E-state index contributed by atoms with van der Waals surface area (Å²) in [5.74, 6) is -1.24. The van der Waals surface area contributed by atoms with Crippen LogP contribution in [0.1, 0.15) is 24.0 Å². The molecular formula is C20H21ClFN3O3S. The van der Waals surface area contributed by atoms with Crippen LogP contribution in [-0.4, -0.2) is 37.9 Å². The third kappa shape index (κ3) is 5.01. The maximum atomic E-state index is 13.7. The average Bonchev–Trinajstić information content (AvgIpc) is 2.70. The number of amides is 1. The number of sulfonamides is 1. The second-order valence-electron chi connectivity index (χ2n) is 6.86. The van der Waals surface area contributed by atoms with Crippen LogP contribution in [-0.2, 0) is 14.8 Å². The number of rotatable bonds is 5. The monoisotopic (exact) mass is 437 g/mol. The standard InChI is InChI=1S/C20H21ClFN3O3S/c1-14-5-7-16(8-6-14)29(27,28)25-11-9-15(10-12-25)20(26)24-23-13-17-18(21)3-2-4-19(17)22/h2-8,13,15H,9-12H2,1H3,(H,24,26). The van der Waals surface area contributed by atoms with Gasteiger partial charge in [-0.2, -0.15) is 9.41 Å². The van der Waals surface area contributed by atoms with Crippen LogP contribution >= 0.6 is 11.6 Å². The van der Waals surface area contributed by atoms with Gasteiger partial charge >= 0.3 is 0 Å². The summed E-state index contributed by atoms with van der Waals surface area (Å²) in [5, 5.41) is 3.97. The van der Waals surface area contributed by atoms with Gasteiger partial charge in [0.2, 0.25) is 15.9 Å². The maximum absolute atomic E-state index is 13.7. The molecular weight excluding hydrogens is 417 g/mol. The molecule has 1 fully saturated rings. The Balaban J connectivity index is 1.57. The highest BCUT2D eigenvalue weighted by Crippen LogP contribution is 2.24. The number of carbonyl (C=O) groups is 1. The number of nitrogens with zero attached hydrogens (tertiary/aromatic N) is 2. The van der Waals surface area contributed by atoms with Crippen LogP contribution in [0.25, 0.3) is 0 Å². The molecule has 1 N–H and O–H groups in total. The van der Waals surface area contributed by atoms with Gasteiger partial charge in [0.25, 0.3) is 0 Å². The molecule has 0 spiro atoms. The van der Waals surface area contributed by atoms with Crippen molar-refractivity contribution >= 4 is 33.7 Å². The molecule has 1 amide bonds. The zero-order chi connectivity index (χ0) is 21.0. The predicted octanol–water partition coefficient (Wildman–Crippen LogP) is 3.34. The Morgan fingerprint density at radius 3 is 2.48 bits per heavy atom. The summed E-state index contributed by atoms with van der Waals surface area (Å²) < 4.78 is 40.5. The minimum Gasteiger partial charge on any atom is -0.273 e. The third-order valence-electron chi connectivity index (χ3n) is 4.85. The molecule has 1 aliphatic rings. The summed E-state index contributed by atoms with van der Waals surface area (Å²) in [7, 11) is -3.57. The maximum Gasteiger partial charge on any atom is 0.243 e. The minimum absolute atomic E-state index is 0.0912. The van der Waals surface area contributed by atoms with E-state index in [0.717, 1.165) is 11.8 Å². The number of nitrogens with one attached hydrogen (secondary N) is 1. The Hall–Kier alpha value is -2.29. The number of aryl methyl sites for hydroxylation is 1. The SMILES string of the molecule is Cc1ccc(S(=O)(=O)N2CCC(C(=O)NN=Cc3c(F)cccc3Cl)CC2)cc1. The number of hydrazone groups is 1. The number of benzene rings is 2. The lowest BCUT2D eigenvalue weighted by Gasteiger charge is -2.30. The van der Waals surface area contributed by atoms with Crippen molar-refractivity contribution in [3.63, 3.8) is 0 Å². The highest BCUT2D eigenvalue weighted by molar-refractivity contribution is 7.89. The highest BCUT2D eigenvalue weighted by Gasteiger charge is 2.32. The first-order valence-electron chi connectivity index (χ1n) is 9.13. The average molecular weight is 438 g/mol. The molecule has 0 bridgehead atoms. The van der Waals surface area contributed by atoms with Crippen molar-refractivity contribution in [1.29, 1.82) is 0 Å². The summed E-state index contributed by atoms with van der Waals surface area (Å²) in [6.07, 6.45) is 1.92. The highest BCUT2D eigenvalue weighted by atomic mass is 35.5. The van der Waals surface area contributed by atoms with Gasteiger partial charge < -0.3 is 0 Å². The van der Waals surface area contributed by atoms with Gasteiger partial charge in [0, 0.05) is 24.6 Å². The van der Waals surface area contributed by atoms with Gasteiger partial charge in [0.1, 0.15) is 5.82 Å². The van der Waals surface area contributed by atoms with Crippen LogP contribution < -0.4 is 5.43 Å². The fourth-order valence-electron chi connectivity index (χ4n) is 3.10. The summed E-state index contributed by atoms with van der Waals surface area (Å²) >= 11 is 5.91. The molecule has 2 aromatic carbocycles. The van der Waals surface area contributed by atoms with E-state index in [-0.39, 0.29) is 40.4 Å². The molecule has 2 aromatic rings. The van der Waals surface area contributed by atoms with Gasteiger partial charge in [-0.1, -0.05) is 35.4 Å². The molecule has 1 saturated heterocycles. The first kappa shape index (κ1) is 21.4. The number of hydrogen-bond acceptors (Lipinski definition) is 4. The van der Waals surface area contributed by atoms with Crippen LogP contribution in [0.4, 0.5) is 4.39 Å². The van der Waals surface area contributed by atoms with Crippen molar-refractivity contribution < 1.29 is 17.6 Å². The van der Waals surface area contributed by atoms with Gasteiger partial charge in [-0.05, 0) is 44.0 Å². The van der Waals surface area contributed by atoms with E-state index in [0.29, 0.717) is 12.8 Å². The topological polar surface area (TPSA) is 78.8 Å². The fourth-order valence-corrected chi connectivity index (χ4v) is 4.78. The molecule has 154 valence electrons. The van der Waals surface area contributed by atoms with Crippen molar-refractivity contribution in [3.8, 4) is 0 Å². The Morgan fingerprint density at radius 1 is 1.21 bits per heavy atom. The summed E-state index contributed by atoms with van der Waals surface area (Å²) in [6, 6.07) is 10.9.